The number of benzene rings is 2. The van der Waals surface area contributed by atoms with Crippen molar-refractivity contribution < 1.29 is 8.95 Å². The number of nitrogens with one attached hydrogen (secondary N) is 1. The van der Waals surface area contributed by atoms with E-state index < -0.39 is 10.8 Å². The molecular formula is C23H25N3O2S. The summed E-state index contributed by atoms with van der Waals surface area (Å²) in [5.74, 6) is 1.54. The molecule has 0 radical (unpaired) electrons. The number of fused-ring (bicyclic) bond motifs is 2. The average Bonchev–Trinajstić information content (AvgIpc) is 3.18. The number of hydrogen-bond donors (Lipinski definition) is 1. The predicted octanol–water partition coefficient (Wildman–Crippen LogP) is 3.87. The molecule has 2 unspecified atom stereocenters. The van der Waals surface area contributed by atoms with Crippen LogP contribution in [0.1, 0.15) is 17.5 Å². The molecule has 1 saturated heterocycles. The summed E-state index contributed by atoms with van der Waals surface area (Å²) in [6, 6.07) is 16.9. The molecule has 3 heterocycles. The molecule has 3 aromatic rings. The fourth-order valence-corrected chi connectivity index (χ4v) is 5.38. The molecule has 2 aliphatic rings. The summed E-state index contributed by atoms with van der Waals surface area (Å²) in [4.78, 5) is 8.17. The van der Waals surface area contributed by atoms with E-state index in [0.717, 1.165) is 65.6 Å². The van der Waals surface area contributed by atoms with Crippen molar-refractivity contribution in [3.05, 3.63) is 59.7 Å². The molecule has 6 heteroatoms. The number of aromatic nitrogens is 1. The number of nitrogens with zero attached hydrogens (tertiary/aromatic N) is 2. The fourth-order valence-electron chi connectivity index (χ4n) is 4.12. The second kappa shape index (κ2) is 7.76. The summed E-state index contributed by atoms with van der Waals surface area (Å²) in [6.45, 7) is 5.09. The summed E-state index contributed by atoms with van der Waals surface area (Å²) < 4.78 is 18.2. The van der Waals surface area contributed by atoms with Crippen LogP contribution < -0.4 is 10.2 Å². The highest BCUT2D eigenvalue weighted by atomic mass is 32.2. The molecule has 1 fully saturated rings. The first-order chi connectivity index (χ1) is 14.2. The lowest BCUT2D eigenvalue weighted by Crippen LogP contribution is -2.26. The van der Waals surface area contributed by atoms with E-state index in [1.807, 2.05) is 18.2 Å². The predicted molar refractivity (Wildman–Crippen MR) is 118 cm³/mol. The molecule has 5 nitrogen and oxygen atoms in total. The SMILES string of the molecule is Cc1ccc2nc(N3CCS(=O)c4ccccc4C3)cc(NC3CCOC3)c2c1. The number of aryl methyl sites for hydroxylation is 1. The summed E-state index contributed by atoms with van der Waals surface area (Å²) in [7, 11) is -0.968. The van der Waals surface area contributed by atoms with Crippen LogP contribution in [0.25, 0.3) is 10.9 Å². The van der Waals surface area contributed by atoms with Crippen LogP contribution in [0.3, 0.4) is 0 Å². The molecule has 0 aliphatic carbocycles. The third kappa shape index (κ3) is 3.74. The number of ether oxygens (including phenoxy) is 1. The van der Waals surface area contributed by atoms with Crippen LogP contribution in [-0.2, 0) is 22.1 Å². The maximum atomic E-state index is 12.7. The highest BCUT2D eigenvalue weighted by molar-refractivity contribution is 7.85. The van der Waals surface area contributed by atoms with Crippen LogP contribution >= 0.6 is 0 Å². The topological polar surface area (TPSA) is 54.5 Å². The standard InChI is InChI=1S/C23H25N3O2S/c1-16-6-7-20-19(12-16)21(24-18-8-10-28-15-18)13-23(25-20)26-9-11-29(27)22-5-3-2-4-17(22)14-26/h2-7,12-13,18H,8-11,14-15H2,1H3,(H,24,25). The van der Waals surface area contributed by atoms with Crippen molar-refractivity contribution in [3.8, 4) is 0 Å². The molecule has 29 heavy (non-hydrogen) atoms. The summed E-state index contributed by atoms with van der Waals surface area (Å²) in [5.41, 5.74) is 4.42. The zero-order chi connectivity index (χ0) is 19.8. The van der Waals surface area contributed by atoms with Gasteiger partial charge in [0, 0.05) is 47.5 Å². The summed E-state index contributed by atoms with van der Waals surface area (Å²) in [5, 5.41) is 4.82. The first-order valence-corrected chi connectivity index (χ1v) is 11.5. The third-order valence-electron chi connectivity index (χ3n) is 5.69. The van der Waals surface area contributed by atoms with Gasteiger partial charge in [-0.25, -0.2) is 4.98 Å². The molecule has 0 spiro atoms. The van der Waals surface area contributed by atoms with Crippen LogP contribution in [0.5, 0.6) is 0 Å². The Bertz CT molecular complexity index is 1080. The van der Waals surface area contributed by atoms with Gasteiger partial charge in [0.1, 0.15) is 5.82 Å². The summed E-state index contributed by atoms with van der Waals surface area (Å²) in [6.07, 6.45) is 1.01. The zero-order valence-corrected chi connectivity index (χ0v) is 17.4. The van der Waals surface area contributed by atoms with Crippen LogP contribution in [0.2, 0.25) is 0 Å². The van der Waals surface area contributed by atoms with Gasteiger partial charge < -0.3 is 15.0 Å². The van der Waals surface area contributed by atoms with Gasteiger partial charge in [0.2, 0.25) is 0 Å². The Balaban J connectivity index is 1.56. The Morgan fingerprint density at radius 2 is 2.10 bits per heavy atom. The van der Waals surface area contributed by atoms with Crippen molar-refractivity contribution in [2.45, 2.75) is 30.8 Å². The number of rotatable bonds is 3. The molecule has 0 bridgehead atoms. The number of pyridine rings is 1. The van der Waals surface area contributed by atoms with E-state index in [1.165, 1.54) is 5.56 Å². The van der Waals surface area contributed by atoms with Crippen LogP contribution in [-0.4, -0.2) is 40.7 Å². The molecule has 2 aliphatic heterocycles. The van der Waals surface area contributed by atoms with Gasteiger partial charge in [-0.1, -0.05) is 29.8 Å². The smallest absolute Gasteiger partial charge is 0.131 e. The minimum atomic E-state index is -0.968. The molecule has 1 aromatic heterocycles. The average molecular weight is 408 g/mol. The highest BCUT2D eigenvalue weighted by Gasteiger charge is 2.22. The van der Waals surface area contributed by atoms with E-state index >= 15 is 0 Å². The minimum Gasteiger partial charge on any atom is -0.379 e. The first-order valence-electron chi connectivity index (χ1n) is 10.1. The molecule has 150 valence electrons. The van der Waals surface area contributed by atoms with Crippen molar-refractivity contribution in [2.75, 3.05) is 35.7 Å². The van der Waals surface area contributed by atoms with Gasteiger partial charge in [-0.15, -0.1) is 0 Å². The second-order valence-corrected chi connectivity index (χ2v) is 9.37. The Labute approximate surface area is 173 Å². The number of hydrogen-bond acceptors (Lipinski definition) is 5. The Morgan fingerprint density at radius 3 is 2.97 bits per heavy atom. The Kier molecular flexibility index (Phi) is 4.97. The molecule has 0 saturated carbocycles. The van der Waals surface area contributed by atoms with Crippen molar-refractivity contribution in [1.82, 2.24) is 4.98 Å². The lowest BCUT2D eigenvalue weighted by Gasteiger charge is -2.24. The van der Waals surface area contributed by atoms with Crippen molar-refractivity contribution in [2.24, 2.45) is 0 Å². The van der Waals surface area contributed by atoms with Crippen LogP contribution in [0.4, 0.5) is 11.5 Å². The maximum Gasteiger partial charge on any atom is 0.131 e. The molecular weight excluding hydrogens is 382 g/mol. The first kappa shape index (κ1) is 18.6. The van der Waals surface area contributed by atoms with Crippen molar-refractivity contribution in [1.29, 1.82) is 0 Å². The maximum absolute atomic E-state index is 12.7. The van der Waals surface area contributed by atoms with E-state index in [9.17, 15) is 4.21 Å². The molecule has 5 rings (SSSR count). The van der Waals surface area contributed by atoms with E-state index in [0.29, 0.717) is 11.8 Å². The van der Waals surface area contributed by atoms with Crippen LogP contribution in [0, 0.1) is 6.92 Å². The Morgan fingerprint density at radius 1 is 1.21 bits per heavy atom. The fraction of sp³-hybridized carbons (Fsp3) is 0.348. The normalized spacial score (nSPS) is 21.8. The van der Waals surface area contributed by atoms with Crippen molar-refractivity contribution >= 4 is 33.2 Å². The van der Waals surface area contributed by atoms with Gasteiger partial charge in [0.15, 0.2) is 0 Å². The molecule has 1 N–H and O–H groups in total. The van der Waals surface area contributed by atoms with Gasteiger partial charge in [-0.05, 0) is 37.1 Å². The van der Waals surface area contributed by atoms with Gasteiger partial charge in [0.05, 0.1) is 29.0 Å². The van der Waals surface area contributed by atoms with Gasteiger partial charge >= 0.3 is 0 Å². The monoisotopic (exact) mass is 407 g/mol. The van der Waals surface area contributed by atoms with Gasteiger partial charge in [-0.3, -0.25) is 4.21 Å². The van der Waals surface area contributed by atoms with E-state index in [1.54, 1.807) is 0 Å². The van der Waals surface area contributed by atoms with Crippen molar-refractivity contribution in [3.63, 3.8) is 0 Å². The third-order valence-corrected chi connectivity index (χ3v) is 7.13. The zero-order valence-electron chi connectivity index (χ0n) is 16.6. The molecule has 2 aromatic carbocycles. The second-order valence-electron chi connectivity index (χ2n) is 7.83. The molecule has 0 amide bonds. The summed E-state index contributed by atoms with van der Waals surface area (Å²) >= 11 is 0. The van der Waals surface area contributed by atoms with E-state index in [2.05, 4.69) is 47.5 Å². The molecule has 2 atom stereocenters. The number of anilines is 2. The lowest BCUT2D eigenvalue weighted by molar-refractivity contribution is 0.195. The van der Waals surface area contributed by atoms with Gasteiger partial charge in [-0.2, -0.15) is 0 Å². The van der Waals surface area contributed by atoms with E-state index in [4.69, 9.17) is 9.72 Å². The Hall–Kier alpha value is -2.44. The van der Waals surface area contributed by atoms with Crippen LogP contribution in [0.15, 0.2) is 53.4 Å². The lowest BCUT2D eigenvalue weighted by atomic mass is 10.1. The van der Waals surface area contributed by atoms with E-state index in [-0.39, 0.29) is 0 Å². The quantitative estimate of drug-likeness (QED) is 0.714. The highest BCUT2D eigenvalue weighted by Crippen LogP contribution is 2.31. The van der Waals surface area contributed by atoms with Gasteiger partial charge in [0.25, 0.3) is 0 Å². The largest absolute Gasteiger partial charge is 0.379 e. The minimum absolute atomic E-state index is 0.325.